The van der Waals surface area contributed by atoms with Crippen molar-refractivity contribution in [2.75, 3.05) is 19.6 Å². The minimum Gasteiger partial charge on any atom is -0.469 e. The molecule has 3 aromatic heterocycles. The van der Waals surface area contributed by atoms with E-state index in [4.69, 9.17) is 4.42 Å². The number of aliphatic imine (C=N–C) groups is 1. The number of rotatable bonds is 9. The Morgan fingerprint density at radius 2 is 1.89 bits per heavy atom. The van der Waals surface area contributed by atoms with Crippen LogP contribution in [0.3, 0.4) is 0 Å². The maximum atomic E-state index is 10.3. The molecular formula is C20H25IN4O2S. The zero-order valence-electron chi connectivity index (χ0n) is 15.5. The van der Waals surface area contributed by atoms with Crippen LogP contribution in [-0.2, 0) is 12.8 Å². The van der Waals surface area contributed by atoms with Gasteiger partial charge in [-0.3, -0.25) is 9.98 Å². The first-order valence-corrected chi connectivity index (χ1v) is 9.84. The maximum Gasteiger partial charge on any atom is 0.191 e. The van der Waals surface area contributed by atoms with E-state index in [1.165, 1.54) is 4.88 Å². The van der Waals surface area contributed by atoms with E-state index in [1.54, 1.807) is 42.1 Å². The third-order valence-corrected chi connectivity index (χ3v) is 4.94. The minimum absolute atomic E-state index is 0. The fraction of sp³-hybridized carbons (Fsp3) is 0.300. The second-order valence-electron chi connectivity index (χ2n) is 6.00. The summed E-state index contributed by atoms with van der Waals surface area (Å²) in [5.74, 6) is 1.61. The predicted octanol–water partition coefficient (Wildman–Crippen LogP) is 3.41. The number of nitrogens with zero attached hydrogens (tertiary/aromatic N) is 2. The van der Waals surface area contributed by atoms with E-state index in [-0.39, 0.29) is 30.5 Å². The quantitative estimate of drug-likeness (QED) is 0.233. The molecule has 0 radical (unpaired) electrons. The van der Waals surface area contributed by atoms with Crippen molar-refractivity contribution in [3.63, 3.8) is 0 Å². The molecule has 0 aliphatic rings. The van der Waals surface area contributed by atoms with Gasteiger partial charge in [0.25, 0.3) is 0 Å². The number of aromatic nitrogens is 1. The number of guanidine groups is 1. The molecule has 0 saturated carbocycles. The number of thiophene rings is 1. The van der Waals surface area contributed by atoms with Crippen LogP contribution in [-0.4, -0.2) is 35.7 Å². The Labute approximate surface area is 186 Å². The van der Waals surface area contributed by atoms with Crippen molar-refractivity contribution >= 4 is 41.3 Å². The Balaban J connectivity index is 0.00000280. The van der Waals surface area contributed by atoms with Crippen molar-refractivity contribution in [1.82, 2.24) is 15.6 Å². The standard InChI is InChI=1S/C20H24N4O2S.HI/c25-19(16-5-9-21-10-6-16)15-24-20(22-11-7-17-3-1-13-26-17)23-12-8-18-4-2-14-27-18;/h1-6,9-10,13-14,19,25H,7-8,11-12,15H2,(H2,22,23,24);1H. The van der Waals surface area contributed by atoms with Gasteiger partial charge in [-0.15, -0.1) is 35.3 Å². The lowest BCUT2D eigenvalue weighted by Gasteiger charge is -2.14. The summed E-state index contributed by atoms with van der Waals surface area (Å²) in [6.45, 7) is 1.75. The van der Waals surface area contributed by atoms with Gasteiger partial charge in [-0.25, -0.2) is 0 Å². The molecule has 3 aromatic rings. The van der Waals surface area contributed by atoms with E-state index in [9.17, 15) is 5.11 Å². The molecule has 0 aliphatic carbocycles. The third kappa shape index (κ3) is 7.61. The molecule has 0 fully saturated rings. The van der Waals surface area contributed by atoms with Gasteiger partial charge in [0, 0.05) is 36.8 Å². The maximum absolute atomic E-state index is 10.3. The number of nitrogens with one attached hydrogen (secondary N) is 2. The Hall–Kier alpha value is -1.91. The number of aliphatic hydroxyl groups excluding tert-OH is 1. The first-order valence-electron chi connectivity index (χ1n) is 8.96. The molecule has 1 unspecified atom stereocenters. The van der Waals surface area contributed by atoms with Crippen LogP contribution in [0.2, 0.25) is 0 Å². The van der Waals surface area contributed by atoms with E-state index in [1.807, 2.05) is 12.1 Å². The Morgan fingerprint density at radius 3 is 2.57 bits per heavy atom. The number of furan rings is 1. The summed E-state index contributed by atoms with van der Waals surface area (Å²) >= 11 is 1.75. The number of hydrogen-bond acceptors (Lipinski definition) is 5. The van der Waals surface area contributed by atoms with Crippen molar-refractivity contribution in [1.29, 1.82) is 0 Å². The van der Waals surface area contributed by atoms with Crippen LogP contribution >= 0.6 is 35.3 Å². The number of pyridine rings is 1. The minimum atomic E-state index is -0.658. The molecule has 3 rings (SSSR count). The summed E-state index contributed by atoms with van der Waals surface area (Å²) in [6.07, 6.45) is 6.06. The van der Waals surface area contributed by atoms with Gasteiger partial charge in [-0.05, 0) is 47.7 Å². The molecule has 0 spiro atoms. The van der Waals surface area contributed by atoms with Gasteiger partial charge in [0.1, 0.15) is 5.76 Å². The average Bonchev–Trinajstić information content (AvgIpc) is 3.40. The van der Waals surface area contributed by atoms with Crippen molar-refractivity contribution in [3.05, 3.63) is 76.6 Å². The molecule has 1 atom stereocenters. The molecule has 0 aliphatic heterocycles. The lowest BCUT2D eigenvalue weighted by molar-refractivity contribution is 0.187. The zero-order chi connectivity index (χ0) is 18.7. The molecule has 3 N–H and O–H groups in total. The highest BCUT2D eigenvalue weighted by Gasteiger charge is 2.07. The van der Waals surface area contributed by atoms with Crippen LogP contribution in [0.1, 0.15) is 22.3 Å². The SMILES string of the molecule is I.OC(CN=C(NCCc1ccco1)NCCc1cccs1)c1ccncc1. The van der Waals surface area contributed by atoms with Crippen LogP contribution in [0, 0.1) is 0 Å². The molecule has 8 heteroatoms. The normalized spacial score (nSPS) is 12.2. The number of hydrogen-bond donors (Lipinski definition) is 3. The van der Waals surface area contributed by atoms with Crippen molar-refractivity contribution in [2.24, 2.45) is 4.99 Å². The monoisotopic (exact) mass is 512 g/mol. The van der Waals surface area contributed by atoms with Crippen molar-refractivity contribution < 1.29 is 9.52 Å². The molecule has 0 amide bonds. The topological polar surface area (TPSA) is 82.7 Å². The van der Waals surface area contributed by atoms with E-state index in [0.717, 1.165) is 30.7 Å². The van der Waals surface area contributed by atoms with E-state index in [0.29, 0.717) is 12.5 Å². The Bertz CT molecular complexity index is 753. The van der Waals surface area contributed by atoms with Gasteiger partial charge < -0.3 is 20.2 Å². The molecule has 28 heavy (non-hydrogen) atoms. The molecule has 150 valence electrons. The molecule has 0 bridgehead atoms. The zero-order valence-corrected chi connectivity index (χ0v) is 18.6. The van der Waals surface area contributed by atoms with Gasteiger partial charge in [0.15, 0.2) is 5.96 Å². The van der Waals surface area contributed by atoms with Crippen molar-refractivity contribution in [3.8, 4) is 0 Å². The highest BCUT2D eigenvalue weighted by molar-refractivity contribution is 14.0. The van der Waals surface area contributed by atoms with Gasteiger partial charge in [-0.2, -0.15) is 0 Å². The number of halogens is 1. The fourth-order valence-corrected chi connectivity index (χ4v) is 3.27. The number of aliphatic hydroxyl groups is 1. The van der Waals surface area contributed by atoms with Gasteiger partial charge in [0.2, 0.25) is 0 Å². The lowest BCUT2D eigenvalue weighted by atomic mass is 10.1. The second-order valence-corrected chi connectivity index (χ2v) is 7.03. The molecule has 6 nitrogen and oxygen atoms in total. The van der Waals surface area contributed by atoms with E-state index in [2.05, 4.69) is 38.1 Å². The smallest absolute Gasteiger partial charge is 0.191 e. The van der Waals surface area contributed by atoms with E-state index < -0.39 is 6.10 Å². The average molecular weight is 512 g/mol. The fourth-order valence-electron chi connectivity index (χ4n) is 2.56. The first kappa shape index (κ1) is 22.4. The molecular weight excluding hydrogens is 487 g/mol. The molecule has 3 heterocycles. The second kappa shape index (κ2) is 12.5. The summed E-state index contributed by atoms with van der Waals surface area (Å²) in [4.78, 5) is 9.84. The summed E-state index contributed by atoms with van der Waals surface area (Å²) in [6, 6.07) is 11.6. The molecule has 0 saturated heterocycles. The van der Waals surface area contributed by atoms with E-state index >= 15 is 0 Å². The van der Waals surface area contributed by atoms with Crippen LogP contribution in [0.25, 0.3) is 0 Å². The third-order valence-electron chi connectivity index (χ3n) is 4.00. The first-order chi connectivity index (χ1) is 13.3. The predicted molar refractivity (Wildman–Crippen MR) is 123 cm³/mol. The Morgan fingerprint density at radius 1 is 1.11 bits per heavy atom. The van der Waals surface area contributed by atoms with Gasteiger partial charge in [0.05, 0.1) is 18.9 Å². The molecule has 0 aromatic carbocycles. The van der Waals surface area contributed by atoms with Crippen LogP contribution in [0.4, 0.5) is 0 Å². The summed E-state index contributed by atoms with van der Waals surface area (Å²) in [5.41, 5.74) is 0.808. The van der Waals surface area contributed by atoms with Crippen LogP contribution in [0.15, 0.2) is 69.8 Å². The van der Waals surface area contributed by atoms with Gasteiger partial charge >= 0.3 is 0 Å². The highest BCUT2D eigenvalue weighted by Crippen LogP contribution is 2.11. The largest absolute Gasteiger partial charge is 0.469 e. The summed E-state index contributed by atoms with van der Waals surface area (Å²) in [7, 11) is 0. The van der Waals surface area contributed by atoms with Gasteiger partial charge in [-0.1, -0.05) is 6.07 Å². The highest BCUT2D eigenvalue weighted by atomic mass is 127. The van der Waals surface area contributed by atoms with Crippen LogP contribution in [0.5, 0.6) is 0 Å². The summed E-state index contributed by atoms with van der Waals surface area (Å²) < 4.78 is 5.36. The summed E-state index contributed by atoms with van der Waals surface area (Å²) in [5, 5.41) is 19.0. The lowest BCUT2D eigenvalue weighted by Crippen LogP contribution is -2.39. The van der Waals surface area contributed by atoms with Crippen LogP contribution < -0.4 is 10.6 Å². The Kier molecular flexibility index (Phi) is 10.0. The van der Waals surface area contributed by atoms with Crippen molar-refractivity contribution in [2.45, 2.75) is 18.9 Å².